The molecule has 1 aromatic carbocycles. The molecule has 0 saturated carbocycles. The van der Waals surface area contributed by atoms with Gasteiger partial charge in [0.2, 0.25) is 0 Å². The van der Waals surface area contributed by atoms with E-state index in [-0.39, 0.29) is 16.5 Å². The second-order valence-electron chi connectivity index (χ2n) is 4.00. The quantitative estimate of drug-likeness (QED) is 0.806. The Balaban J connectivity index is 2.49. The molecule has 0 bridgehead atoms. The number of nitrogens with one attached hydrogen (secondary N) is 1. The Hall–Kier alpha value is -2.22. The number of aryl methyl sites for hydroxylation is 1. The van der Waals surface area contributed by atoms with Gasteiger partial charge >= 0.3 is 0 Å². The van der Waals surface area contributed by atoms with Crippen molar-refractivity contribution in [3.05, 3.63) is 35.7 Å². The third-order valence-electron chi connectivity index (χ3n) is 2.68. The number of anilines is 2. The van der Waals surface area contributed by atoms with Crippen LogP contribution in [0.1, 0.15) is 11.1 Å². The average Bonchev–Trinajstić information content (AvgIpc) is 2.35. The van der Waals surface area contributed by atoms with E-state index >= 15 is 0 Å². The van der Waals surface area contributed by atoms with Crippen LogP contribution < -0.4 is 10.5 Å². The fourth-order valence-electron chi connectivity index (χ4n) is 1.63. The van der Waals surface area contributed by atoms with Crippen molar-refractivity contribution in [3.63, 3.8) is 0 Å². The third kappa shape index (κ3) is 2.63. The van der Waals surface area contributed by atoms with Crippen molar-refractivity contribution in [1.29, 1.82) is 0 Å². The highest BCUT2D eigenvalue weighted by atomic mass is 32.2. The van der Waals surface area contributed by atoms with Crippen LogP contribution in [0.2, 0.25) is 0 Å². The van der Waals surface area contributed by atoms with Crippen LogP contribution in [0.25, 0.3) is 0 Å². The molecule has 8 heteroatoms. The molecule has 0 aliphatic carbocycles. The van der Waals surface area contributed by atoms with Crippen LogP contribution in [0.15, 0.2) is 29.4 Å². The van der Waals surface area contributed by atoms with Crippen molar-refractivity contribution in [2.45, 2.75) is 18.7 Å². The molecule has 0 radical (unpaired) electrons. The van der Waals surface area contributed by atoms with Gasteiger partial charge in [0.05, 0.1) is 18.1 Å². The Morgan fingerprint density at radius 1 is 1.21 bits per heavy atom. The van der Waals surface area contributed by atoms with Crippen LogP contribution in [0.3, 0.4) is 0 Å². The van der Waals surface area contributed by atoms with E-state index in [0.717, 1.165) is 5.56 Å². The average molecular weight is 279 g/mol. The zero-order chi connectivity index (χ0) is 14.0. The standard InChI is InChI=1S/C11H13N5O2S/c1-7-3-4-9(12)10(8(7)2)19(17,18)16-11-13-5-6-14-15-11/h3-6H,12H2,1-2H3,(H,13,15,16). The lowest BCUT2D eigenvalue weighted by molar-refractivity contribution is 0.600. The molecular formula is C11H13N5O2S. The lowest BCUT2D eigenvalue weighted by atomic mass is 10.1. The fourth-order valence-corrected chi connectivity index (χ4v) is 3.01. The number of hydrogen-bond donors (Lipinski definition) is 2. The predicted molar refractivity (Wildman–Crippen MR) is 71.0 cm³/mol. The summed E-state index contributed by atoms with van der Waals surface area (Å²) >= 11 is 0. The van der Waals surface area contributed by atoms with Gasteiger partial charge in [0.1, 0.15) is 4.90 Å². The fraction of sp³-hybridized carbons (Fsp3) is 0.182. The first-order valence-electron chi connectivity index (χ1n) is 5.44. The van der Waals surface area contributed by atoms with Gasteiger partial charge in [0.15, 0.2) is 0 Å². The number of rotatable bonds is 3. The maximum absolute atomic E-state index is 12.3. The van der Waals surface area contributed by atoms with E-state index < -0.39 is 10.0 Å². The summed E-state index contributed by atoms with van der Waals surface area (Å²) < 4.78 is 26.8. The van der Waals surface area contributed by atoms with Crippen LogP contribution in [0, 0.1) is 13.8 Å². The lowest BCUT2D eigenvalue weighted by Gasteiger charge is -2.12. The Morgan fingerprint density at radius 3 is 2.58 bits per heavy atom. The number of nitrogen functional groups attached to an aromatic ring is 1. The molecule has 0 aliphatic heterocycles. The van der Waals surface area contributed by atoms with E-state index in [1.807, 2.05) is 6.92 Å². The first-order valence-corrected chi connectivity index (χ1v) is 6.92. The molecule has 0 unspecified atom stereocenters. The largest absolute Gasteiger partial charge is 0.398 e. The number of benzene rings is 1. The molecule has 0 fully saturated rings. The highest BCUT2D eigenvalue weighted by Gasteiger charge is 2.22. The zero-order valence-corrected chi connectivity index (χ0v) is 11.3. The normalized spacial score (nSPS) is 11.3. The van der Waals surface area contributed by atoms with E-state index in [1.54, 1.807) is 19.1 Å². The Bertz CT molecular complexity index is 701. The van der Waals surface area contributed by atoms with Gasteiger partial charge in [0, 0.05) is 0 Å². The van der Waals surface area contributed by atoms with Crippen molar-refractivity contribution < 1.29 is 8.42 Å². The number of aromatic nitrogens is 3. The van der Waals surface area contributed by atoms with Crippen molar-refractivity contribution in [2.75, 3.05) is 10.5 Å². The van der Waals surface area contributed by atoms with E-state index in [4.69, 9.17) is 5.73 Å². The molecule has 0 saturated heterocycles. The monoisotopic (exact) mass is 279 g/mol. The molecule has 100 valence electrons. The van der Waals surface area contributed by atoms with Gasteiger partial charge < -0.3 is 5.73 Å². The SMILES string of the molecule is Cc1ccc(N)c(S(=O)(=O)Nc2nccnn2)c1C. The smallest absolute Gasteiger partial charge is 0.266 e. The van der Waals surface area contributed by atoms with Crippen LogP contribution >= 0.6 is 0 Å². The first kappa shape index (κ1) is 13.2. The molecule has 0 spiro atoms. The minimum Gasteiger partial charge on any atom is -0.398 e. The Kier molecular flexibility index (Phi) is 3.34. The summed E-state index contributed by atoms with van der Waals surface area (Å²) in [6.45, 7) is 3.51. The summed E-state index contributed by atoms with van der Waals surface area (Å²) in [7, 11) is -3.84. The summed E-state index contributed by atoms with van der Waals surface area (Å²) in [5.41, 5.74) is 7.36. The molecule has 2 rings (SSSR count). The topological polar surface area (TPSA) is 111 Å². The van der Waals surface area contributed by atoms with Gasteiger partial charge in [0.25, 0.3) is 16.0 Å². The number of nitrogens with zero attached hydrogens (tertiary/aromatic N) is 3. The first-order chi connectivity index (χ1) is 8.92. The predicted octanol–water partition coefficient (Wildman–Crippen LogP) is 0.871. The summed E-state index contributed by atoms with van der Waals surface area (Å²) in [5, 5.41) is 7.13. The van der Waals surface area contributed by atoms with Gasteiger partial charge in [-0.1, -0.05) is 6.07 Å². The van der Waals surface area contributed by atoms with Crippen LogP contribution in [0.4, 0.5) is 11.6 Å². The van der Waals surface area contributed by atoms with E-state index in [1.165, 1.54) is 12.4 Å². The number of sulfonamides is 1. The van der Waals surface area contributed by atoms with E-state index in [2.05, 4.69) is 19.9 Å². The van der Waals surface area contributed by atoms with Gasteiger partial charge in [-0.2, -0.15) is 5.10 Å². The maximum Gasteiger partial charge on any atom is 0.266 e. The molecule has 1 heterocycles. The van der Waals surface area contributed by atoms with Gasteiger partial charge in [-0.25, -0.2) is 18.1 Å². The minimum absolute atomic E-state index is 0.0416. The molecule has 19 heavy (non-hydrogen) atoms. The Morgan fingerprint density at radius 2 is 1.95 bits per heavy atom. The minimum atomic E-state index is -3.84. The van der Waals surface area contributed by atoms with Crippen LogP contribution in [-0.4, -0.2) is 23.6 Å². The number of nitrogens with two attached hydrogens (primary N) is 1. The van der Waals surface area contributed by atoms with Crippen molar-refractivity contribution >= 4 is 21.7 Å². The maximum atomic E-state index is 12.3. The molecule has 0 atom stereocenters. The van der Waals surface area contributed by atoms with Crippen LogP contribution in [-0.2, 0) is 10.0 Å². The summed E-state index contributed by atoms with van der Waals surface area (Å²) in [6, 6.07) is 3.32. The van der Waals surface area contributed by atoms with Crippen molar-refractivity contribution in [2.24, 2.45) is 0 Å². The van der Waals surface area contributed by atoms with Gasteiger partial charge in [-0.3, -0.25) is 0 Å². The van der Waals surface area contributed by atoms with Crippen molar-refractivity contribution in [3.8, 4) is 0 Å². The third-order valence-corrected chi connectivity index (χ3v) is 4.21. The highest BCUT2D eigenvalue weighted by Crippen LogP contribution is 2.26. The zero-order valence-electron chi connectivity index (χ0n) is 10.5. The molecule has 1 aromatic heterocycles. The van der Waals surface area contributed by atoms with Crippen LogP contribution in [0.5, 0.6) is 0 Å². The molecule has 0 aliphatic rings. The highest BCUT2D eigenvalue weighted by molar-refractivity contribution is 7.93. The molecule has 2 aromatic rings. The molecular weight excluding hydrogens is 266 g/mol. The Labute approximate surface area is 110 Å². The lowest BCUT2D eigenvalue weighted by Crippen LogP contribution is -2.18. The summed E-state index contributed by atoms with van der Waals surface area (Å²) in [4.78, 5) is 3.81. The summed E-state index contributed by atoms with van der Waals surface area (Å²) in [5.74, 6) is -0.0946. The van der Waals surface area contributed by atoms with E-state index in [0.29, 0.717) is 5.56 Å². The summed E-state index contributed by atoms with van der Waals surface area (Å²) in [6.07, 6.45) is 2.70. The van der Waals surface area contributed by atoms with E-state index in [9.17, 15) is 8.42 Å². The van der Waals surface area contributed by atoms with Gasteiger partial charge in [-0.15, -0.1) is 5.10 Å². The molecule has 0 amide bonds. The second-order valence-corrected chi connectivity index (χ2v) is 5.62. The van der Waals surface area contributed by atoms with Crippen molar-refractivity contribution in [1.82, 2.24) is 15.2 Å². The second kappa shape index (κ2) is 4.81. The number of hydrogen-bond acceptors (Lipinski definition) is 6. The van der Waals surface area contributed by atoms with Gasteiger partial charge in [-0.05, 0) is 31.0 Å². The molecule has 3 N–H and O–H groups in total. The molecule has 7 nitrogen and oxygen atoms in total.